The standard InChI is InChI=1S/C49H27N3O2/c1-50-30-22-29(23-31(24-30)51-42-18-8-3-13-33(42)37-25-39-35-15-5-10-20-46(35)53-48(39)27-44(37)51)32-12-2-7-17-41(32)52-43-19-9-4-14-34(43)38-26-40-36-16-6-11-21-47(36)54-49(40)28-45(38)52/h2-28H. The Morgan fingerprint density at radius 2 is 0.907 bits per heavy atom. The van der Waals surface area contributed by atoms with Crippen molar-refractivity contribution in [1.82, 2.24) is 9.13 Å². The number of furan rings is 2. The van der Waals surface area contributed by atoms with Gasteiger partial charge in [-0.25, -0.2) is 4.85 Å². The number of hydrogen-bond donors (Lipinski definition) is 0. The van der Waals surface area contributed by atoms with E-state index in [1.165, 1.54) is 5.39 Å². The predicted octanol–water partition coefficient (Wildman–Crippen LogP) is 13.9. The molecule has 8 aromatic carbocycles. The molecule has 4 heterocycles. The lowest BCUT2D eigenvalue weighted by molar-refractivity contribution is 0.669. The van der Waals surface area contributed by atoms with Crippen LogP contribution in [0.4, 0.5) is 5.69 Å². The van der Waals surface area contributed by atoms with Crippen LogP contribution in [0.5, 0.6) is 0 Å². The Labute approximate surface area is 307 Å². The van der Waals surface area contributed by atoms with Crippen LogP contribution in [0.1, 0.15) is 0 Å². The number of rotatable bonds is 3. The Hall–Kier alpha value is -7.55. The van der Waals surface area contributed by atoms with Gasteiger partial charge in [0.1, 0.15) is 22.3 Å². The third kappa shape index (κ3) is 3.97. The third-order valence-corrected chi connectivity index (χ3v) is 11.1. The SMILES string of the molecule is [C-]#[N+]c1cc(-c2ccccc2-n2c3ccccc3c3cc4c(cc32)oc2ccccc24)cc(-n2c3ccccc3c3cc4c(cc32)oc2ccccc24)c1. The van der Waals surface area contributed by atoms with Gasteiger partial charge in [0.15, 0.2) is 5.69 Å². The van der Waals surface area contributed by atoms with Crippen molar-refractivity contribution in [2.75, 3.05) is 0 Å². The Morgan fingerprint density at radius 1 is 0.389 bits per heavy atom. The number of benzene rings is 8. The van der Waals surface area contributed by atoms with E-state index in [-0.39, 0.29) is 0 Å². The zero-order valence-electron chi connectivity index (χ0n) is 28.7. The van der Waals surface area contributed by atoms with Crippen LogP contribution in [0, 0.1) is 6.57 Å². The lowest BCUT2D eigenvalue weighted by Gasteiger charge is -2.16. The van der Waals surface area contributed by atoms with E-state index < -0.39 is 0 Å². The third-order valence-electron chi connectivity index (χ3n) is 11.1. The first kappa shape index (κ1) is 29.1. The van der Waals surface area contributed by atoms with Gasteiger partial charge in [-0.1, -0.05) is 91.0 Å². The van der Waals surface area contributed by atoms with Gasteiger partial charge in [-0.3, -0.25) is 0 Å². The molecule has 54 heavy (non-hydrogen) atoms. The second kappa shape index (κ2) is 10.7. The van der Waals surface area contributed by atoms with Gasteiger partial charge in [0.25, 0.3) is 0 Å². The molecule has 0 bridgehead atoms. The van der Waals surface area contributed by atoms with Crippen LogP contribution >= 0.6 is 0 Å². The fourth-order valence-electron chi connectivity index (χ4n) is 8.77. The maximum atomic E-state index is 8.24. The van der Waals surface area contributed by atoms with Crippen LogP contribution in [0.25, 0.3) is 115 Å². The molecule has 0 aliphatic carbocycles. The molecule has 0 saturated heterocycles. The van der Waals surface area contributed by atoms with E-state index in [1.54, 1.807) is 0 Å². The molecule has 0 spiro atoms. The smallest absolute Gasteiger partial charge is 0.189 e. The van der Waals surface area contributed by atoms with Crippen LogP contribution in [-0.4, -0.2) is 9.13 Å². The maximum Gasteiger partial charge on any atom is 0.189 e. The van der Waals surface area contributed by atoms with Gasteiger partial charge < -0.3 is 18.0 Å². The highest BCUT2D eigenvalue weighted by Gasteiger charge is 2.21. The first-order chi connectivity index (χ1) is 26.7. The lowest BCUT2D eigenvalue weighted by atomic mass is 10.0. The van der Waals surface area contributed by atoms with E-state index in [2.05, 4.69) is 141 Å². The number of nitrogens with zero attached hydrogens (tertiary/aromatic N) is 3. The fraction of sp³-hybridized carbons (Fsp3) is 0. The average Bonchev–Trinajstić information content (AvgIpc) is 3.96. The molecule has 12 rings (SSSR count). The monoisotopic (exact) mass is 689 g/mol. The van der Waals surface area contributed by atoms with Gasteiger partial charge in [-0.05, 0) is 66.2 Å². The summed E-state index contributed by atoms with van der Waals surface area (Å²) in [5, 5.41) is 9.04. The van der Waals surface area contributed by atoms with E-state index >= 15 is 0 Å². The fourth-order valence-corrected chi connectivity index (χ4v) is 8.77. The molecule has 0 amide bonds. The van der Waals surface area contributed by atoms with Crippen LogP contribution in [0.2, 0.25) is 0 Å². The first-order valence-corrected chi connectivity index (χ1v) is 18.0. The molecule has 0 radical (unpaired) electrons. The molecule has 250 valence electrons. The normalized spacial score (nSPS) is 12.1. The van der Waals surface area contributed by atoms with Crippen molar-refractivity contribution in [3.63, 3.8) is 0 Å². The van der Waals surface area contributed by atoms with Crippen molar-refractivity contribution in [3.05, 3.63) is 175 Å². The topological polar surface area (TPSA) is 40.5 Å². The number of para-hydroxylation sites is 5. The molecule has 12 aromatic rings. The number of hydrogen-bond acceptors (Lipinski definition) is 2. The summed E-state index contributed by atoms with van der Waals surface area (Å²) in [5.74, 6) is 0. The highest BCUT2D eigenvalue weighted by Crippen LogP contribution is 2.43. The van der Waals surface area contributed by atoms with Gasteiger partial charge in [0, 0.05) is 66.5 Å². The second-order valence-corrected chi connectivity index (χ2v) is 14.0. The molecule has 0 aliphatic heterocycles. The van der Waals surface area contributed by atoms with Crippen molar-refractivity contribution in [2.45, 2.75) is 0 Å². The summed E-state index contributed by atoms with van der Waals surface area (Å²) in [5.41, 5.74) is 12.2. The Bertz CT molecular complexity index is 3590. The minimum Gasteiger partial charge on any atom is -0.456 e. The second-order valence-electron chi connectivity index (χ2n) is 14.0. The summed E-state index contributed by atoms with van der Waals surface area (Å²) in [6.45, 7) is 8.24. The van der Waals surface area contributed by atoms with Crippen molar-refractivity contribution in [2.24, 2.45) is 0 Å². The molecule has 0 unspecified atom stereocenters. The first-order valence-electron chi connectivity index (χ1n) is 18.0. The molecular formula is C49H27N3O2. The van der Waals surface area contributed by atoms with Crippen LogP contribution in [0.15, 0.2) is 173 Å². The highest BCUT2D eigenvalue weighted by atomic mass is 16.3. The molecule has 0 saturated carbocycles. The van der Waals surface area contributed by atoms with Crippen molar-refractivity contribution in [3.8, 4) is 22.5 Å². The van der Waals surface area contributed by atoms with E-state index in [0.717, 1.165) is 105 Å². The molecule has 0 N–H and O–H groups in total. The van der Waals surface area contributed by atoms with Crippen molar-refractivity contribution >= 4 is 93.2 Å². The van der Waals surface area contributed by atoms with Gasteiger partial charge >= 0.3 is 0 Å². The van der Waals surface area contributed by atoms with Crippen LogP contribution in [-0.2, 0) is 0 Å². The van der Waals surface area contributed by atoms with Gasteiger partial charge in [0.2, 0.25) is 0 Å². The van der Waals surface area contributed by atoms with Gasteiger partial charge in [-0.15, -0.1) is 0 Å². The van der Waals surface area contributed by atoms with E-state index in [1.807, 2.05) is 36.4 Å². The minimum absolute atomic E-state index is 0.569. The number of aromatic nitrogens is 2. The summed E-state index contributed by atoms with van der Waals surface area (Å²) in [4.78, 5) is 4.01. The minimum atomic E-state index is 0.569. The summed E-state index contributed by atoms with van der Waals surface area (Å²) in [6.07, 6.45) is 0. The maximum absolute atomic E-state index is 8.24. The van der Waals surface area contributed by atoms with Crippen molar-refractivity contribution in [1.29, 1.82) is 0 Å². The zero-order valence-corrected chi connectivity index (χ0v) is 28.7. The molecule has 0 atom stereocenters. The summed E-state index contributed by atoms with van der Waals surface area (Å²) in [6, 6.07) is 57.1. The summed E-state index contributed by atoms with van der Waals surface area (Å²) in [7, 11) is 0. The molecular weight excluding hydrogens is 663 g/mol. The average molecular weight is 690 g/mol. The molecule has 4 aromatic heterocycles. The summed E-state index contributed by atoms with van der Waals surface area (Å²) < 4.78 is 17.4. The Morgan fingerprint density at radius 3 is 1.54 bits per heavy atom. The van der Waals surface area contributed by atoms with Crippen LogP contribution in [0.3, 0.4) is 0 Å². The van der Waals surface area contributed by atoms with E-state index in [9.17, 15) is 0 Å². The molecule has 0 fully saturated rings. The molecule has 5 nitrogen and oxygen atoms in total. The van der Waals surface area contributed by atoms with E-state index in [4.69, 9.17) is 15.4 Å². The largest absolute Gasteiger partial charge is 0.456 e. The van der Waals surface area contributed by atoms with Gasteiger partial charge in [-0.2, -0.15) is 0 Å². The molecule has 0 aliphatic rings. The summed E-state index contributed by atoms with van der Waals surface area (Å²) >= 11 is 0. The predicted molar refractivity (Wildman–Crippen MR) is 221 cm³/mol. The number of fused-ring (bicyclic) bond motifs is 12. The lowest BCUT2D eigenvalue weighted by Crippen LogP contribution is -1.98. The van der Waals surface area contributed by atoms with Crippen LogP contribution < -0.4 is 0 Å². The van der Waals surface area contributed by atoms with Crippen molar-refractivity contribution < 1.29 is 8.83 Å². The van der Waals surface area contributed by atoms with Gasteiger partial charge in [0.05, 0.1) is 34.3 Å². The van der Waals surface area contributed by atoms with E-state index in [0.29, 0.717) is 5.69 Å². The Kier molecular flexibility index (Phi) is 5.78. The Balaban J connectivity index is 1.12. The zero-order chi connectivity index (χ0) is 35.5. The quantitative estimate of drug-likeness (QED) is 0.173. The molecule has 5 heteroatoms. The highest BCUT2D eigenvalue weighted by molar-refractivity contribution is 6.19.